The molecule has 22 heavy (non-hydrogen) atoms. The van der Waals surface area contributed by atoms with Gasteiger partial charge in [0.2, 0.25) is 10.0 Å². The van der Waals surface area contributed by atoms with Gasteiger partial charge in [0.05, 0.1) is 30.0 Å². The van der Waals surface area contributed by atoms with Gasteiger partial charge in [-0.05, 0) is 29.1 Å². The molecule has 116 valence electrons. The Balaban J connectivity index is 1.96. The molecule has 1 aliphatic heterocycles. The highest BCUT2D eigenvalue weighted by Gasteiger charge is 2.34. The smallest absolute Gasteiger partial charge is 0.247 e. The van der Waals surface area contributed by atoms with Gasteiger partial charge in [-0.2, -0.15) is 9.52 Å². The SMILES string of the molecule is COc1ccc(C2CC(c3cccs3)=NN2S(C)(=O)=O)cc1. The van der Waals surface area contributed by atoms with Crippen molar-refractivity contribution in [3.63, 3.8) is 0 Å². The zero-order valence-corrected chi connectivity index (χ0v) is 13.9. The molecule has 0 spiro atoms. The summed E-state index contributed by atoms with van der Waals surface area (Å²) >= 11 is 1.56. The first-order valence-corrected chi connectivity index (χ1v) is 9.46. The van der Waals surface area contributed by atoms with Crippen LogP contribution in [-0.4, -0.2) is 31.9 Å². The van der Waals surface area contributed by atoms with Gasteiger partial charge in [0, 0.05) is 6.42 Å². The Morgan fingerprint density at radius 3 is 2.55 bits per heavy atom. The largest absolute Gasteiger partial charge is 0.497 e. The number of benzene rings is 1. The van der Waals surface area contributed by atoms with Gasteiger partial charge in [-0.1, -0.05) is 18.2 Å². The van der Waals surface area contributed by atoms with Crippen LogP contribution in [0.25, 0.3) is 0 Å². The Morgan fingerprint density at radius 1 is 1.27 bits per heavy atom. The van der Waals surface area contributed by atoms with Gasteiger partial charge in [-0.25, -0.2) is 8.42 Å². The van der Waals surface area contributed by atoms with Crippen molar-refractivity contribution in [3.05, 3.63) is 52.2 Å². The molecular weight excluding hydrogens is 320 g/mol. The summed E-state index contributed by atoms with van der Waals surface area (Å²) in [5.41, 5.74) is 1.71. The second kappa shape index (κ2) is 5.73. The number of thiophene rings is 1. The van der Waals surface area contributed by atoms with Crippen molar-refractivity contribution in [1.29, 1.82) is 0 Å². The van der Waals surface area contributed by atoms with Gasteiger partial charge in [0.15, 0.2) is 0 Å². The van der Waals surface area contributed by atoms with Crippen molar-refractivity contribution in [2.75, 3.05) is 13.4 Å². The molecule has 0 aliphatic carbocycles. The summed E-state index contributed by atoms with van der Waals surface area (Å²) in [4.78, 5) is 1.00. The molecule has 7 heteroatoms. The molecule has 1 unspecified atom stereocenters. The first-order chi connectivity index (χ1) is 10.5. The second-order valence-electron chi connectivity index (χ2n) is 5.05. The lowest BCUT2D eigenvalue weighted by Gasteiger charge is -2.21. The number of sulfonamides is 1. The third kappa shape index (κ3) is 2.86. The van der Waals surface area contributed by atoms with E-state index in [4.69, 9.17) is 4.74 Å². The van der Waals surface area contributed by atoms with E-state index in [1.165, 1.54) is 10.7 Å². The van der Waals surface area contributed by atoms with Crippen LogP contribution in [0, 0.1) is 0 Å². The van der Waals surface area contributed by atoms with Crippen molar-refractivity contribution in [3.8, 4) is 5.75 Å². The van der Waals surface area contributed by atoms with E-state index in [-0.39, 0.29) is 6.04 Å². The highest BCUT2D eigenvalue weighted by molar-refractivity contribution is 7.88. The average molecular weight is 336 g/mol. The Kier molecular flexibility index (Phi) is 3.92. The van der Waals surface area contributed by atoms with E-state index in [1.807, 2.05) is 41.8 Å². The van der Waals surface area contributed by atoms with Crippen molar-refractivity contribution in [1.82, 2.24) is 4.41 Å². The summed E-state index contributed by atoms with van der Waals surface area (Å²) in [5.74, 6) is 0.743. The van der Waals surface area contributed by atoms with E-state index in [9.17, 15) is 8.42 Å². The average Bonchev–Trinajstić information content (AvgIpc) is 3.15. The Labute approximate surface area is 133 Å². The first kappa shape index (κ1) is 15.1. The molecule has 0 bridgehead atoms. The van der Waals surface area contributed by atoms with Crippen LogP contribution >= 0.6 is 11.3 Å². The summed E-state index contributed by atoms with van der Waals surface area (Å²) in [5, 5.41) is 6.31. The van der Waals surface area contributed by atoms with Crippen LogP contribution in [0.4, 0.5) is 0 Å². The van der Waals surface area contributed by atoms with E-state index >= 15 is 0 Å². The molecule has 2 heterocycles. The Morgan fingerprint density at radius 2 is 2.00 bits per heavy atom. The highest BCUT2D eigenvalue weighted by Crippen LogP contribution is 2.35. The van der Waals surface area contributed by atoms with Gasteiger partial charge < -0.3 is 4.74 Å². The monoisotopic (exact) mass is 336 g/mol. The number of nitrogens with zero attached hydrogens (tertiary/aromatic N) is 2. The first-order valence-electron chi connectivity index (χ1n) is 6.74. The number of hydrazone groups is 1. The fourth-order valence-corrected chi connectivity index (χ4v) is 4.09. The van der Waals surface area contributed by atoms with E-state index in [1.54, 1.807) is 18.4 Å². The van der Waals surface area contributed by atoms with Crippen LogP contribution in [0.5, 0.6) is 5.75 Å². The molecule has 1 aromatic heterocycles. The van der Waals surface area contributed by atoms with Crippen LogP contribution < -0.4 is 4.74 Å². The molecule has 0 radical (unpaired) electrons. The van der Waals surface area contributed by atoms with Crippen molar-refractivity contribution in [2.24, 2.45) is 5.10 Å². The fourth-order valence-electron chi connectivity index (χ4n) is 2.46. The normalized spacial score (nSPS) is 18.4. The van der Waals surface area contributed by atoms with Crippen LogP contribution in [-0.2, 0) is 10.0 Å². The second-order valence-corrected chi connectivity index (χ2v) is 7.84. The predicted molar refractivity (Wildman–Crippen MR) is 87.9 cm³/mol. The van der Waals surface area contributed by atoms with E-state index in [0.29, 0.717) is 6.42 Å². The summed E-state index contributed by atoms with van der Waals surface area (Å²) in [7, 11) is -1.82. The zero-order chi connectivity index (χ0) is 15.7. The minimum atomic E-state index is -3.42. The van der Waals surface area contributed by atoms with E-state index in [2.05, 4.69) is 5.10 Å². The standard InChI is InChI=1S/C15H16N2O3S2/c1-20-12-7-5-11(6-8-12)14-10-13(15-4-3-9-21-15)16-17(14)22(2,18)19/h3-9,14H,10H2,1-2H3. The number of rotatable bonds is 4. The molecule has 1 aliphatic rings. The van der Waals surface area contributed by atoms with Gasteiger partial charge in [-0.15, -0.1) is 11.3 Å². The maximum atomic E-state index is 12.1. The van der Waals surface area contributed by atoms with Crippen molar-refractivity contribution >= 4 is 27.1 Å². The lowest BCUT2D eigenvalue weighted by atomic mass is 10.0. The van der Waals surface area contributed by atoms with E-state index in [0.717, 1.165) is 21.9 Å². The molecule has 5 nitrogen and oxygen atoms in total. The minimum absolute atomic E-state index is 0.307. The summed E-state index contributed by atoms with van der Waals surface area (Å²) in [6, 6.07) is 11.0. The molecule has 0 N–H and O–H groups in total. The summed E-state index contributed by atoms with van der Waals surface area (Å²) in [6.07, 6.45) is 1.75. The number of hydrogen-bond acceptors (Lipinski definition) is 5. The summed E-state index contributed by atoms with van der Waals surface area (Å²) in [6.45, 7) is 0. The maximum Gasteiger partial charge on any atom is 0.247 e. The molecule has 2 aromatic rings. The fraction of sp³-hybridized carbons (Fsp3) is 0.267. The Bertz CT molecular complexity index is 781. The van der Waals surface area contributed by atoms with Gasteiger partial charge in [0.25, 0.3) is 0 Å². The summed E-state index contributed by atoms with van der Waals surface area (Å²) < 4.78 is 30.5. The molecule has 0 fully saturated rings. The highest BCUT2D eigenvalue weighted by atomic mass is 32.2. The number of hydrogen-bond donors (Lipinski definition) is 0. The number of methoxy groups -OCH3 is 1. The van der Waals surface area contributed by atoms with Crippen LogP contribution in [0.15, 0.2) is 46.9 Å². The molecule has 1 aromatic carbocycles. The van der Waals surface area contributed by atoms with E-state index < -0.39 is 10.0 Å². The third-order valence-electron chi connectivity index (χ3n) is 3.52. The van der Waals surface area contributed by atoms with Crippen LogP contribution in [0.1, 0.15) is 22.9 Å². The van der Waals surface area contributed by atoms with Crippen LogP contribution in [0.2, 0.25) is 0 Å². The van der Waals surface area contributed by atoms with Crippen molar-refractivity contribution < 1.29 is 13.2 Å². The third-order valence-corrected chi connectivity index (χ3v) is 5.45. The lowest BCUT2D eigenvalue weighted by molar-refractivity contribution is 0.374. The van der Waals surface area contributed by atoms with Crippen LogP contribution in [0.3, 0.4) is 0 Å². The molecule has 0 amide bonds. The molecule has 0 saturated carbocycles. The predicted octanol–water partition coefficient (Wildman–Crippen LogP) is 2.87. The van der Waals surface area contributed by atoms with Gasteiger partial charge in [0.1, 0.15) is 5.75 Å². The van der Waals surface area contributed by atoms with Gasteiger partial charge in [-0.3, -0.25) is 0 Å². The lowest BCUT2D eigenvalue weighted by Crippen LogP contribution is -2.25. The molecule has 0 saturated heterocycles. The quantitative estimate of drug-likeness (QED) is 0.862. The van der Waals surface area contributed by atoms with Gasteiger partial charge >= 0.3 is 0 Å². The van der Waals surface area contributed by atoms with Crippen molar-refractivity contribution in [2.45, 2.75) is 12.5 Å². The number of ether oxygens (including phenoxy) is 1. The topological polar surface area (TPSA) is 59.0 Å². The minimum Gasteiger partial charge on any atom is -0.497 e. The molecule has 3 rings (SSSR count). The molecular formula is C15H16N2O3S2. The maximum absolute atomic E-state index is 12.1. The zero-order valence-electron chi connectivity index (χ0n) is 12.3. The molecule has 1 atom stereocenters. The Hall–Kier alpha value is -1.86.